The molecule has 8 heteroatoms. The van der Waals surface area contributed by atoms with Crippen molar-refractivity contribution in [3.05, 3.63) is 102 Å². The van der Waals surface area contributed by atoms with Crippen molar-refractivity contribution in [2.45, 2.75) is 38.9 Å². The Morgan fingerprint density at radius 3 is 2.42 bits per heavy atom. The summed E-state index contributed by atoms with van der Waals surface area (Å²) < 4.78 is 0. The quantitative estimate of drug-likeness (QED) is 0.376. The number of benzene rings is 3. The third kappa shape index (κ3) is 5.44. The zero-order valence-electron chi connectivity index (χ0n) is 22.9. The highest BCUT2D eigenvalue weighted by molar-refractivity contribution is 6.08. The number of nitrogens with zero attached hydrogens (tertiary/aromatic N) is 3. The summed E-state index contributed by atoms with van der Waals surface area (Å²) in [6.45, 7) is 4.08. The Hall–Kier alpha value is -4.56. The number of hydrogen-bond acceptors (Lipinski definition) is 5. The van der Waals surface area contributed by atoms with Crippen LogP contribution in [0.15, 0.2) is 85.2 Å². The third-order valence-corrected chi connectivity index (χ3v) is 7.53. The van der Waals surface area contributed by atoms with E-state index in [1.807, 2.05) is 43.3 Å². The van der Waals surface area contributed by atoms with Gasteiger partial charge in [-0.2, -0.15) is 0 Å². The maximum atomic E-state index is 14.3. The molecule has 2 N–H and O–H groups in total. The first-order valence-electron chi connectivity index (χ1n) is 13.4. The largest absolute Gasteiger partial charge is 0.341 e. The second-order valence-corrected chi connectivity index (χ2v) is 10.1. The zero-order valence-corrected chi connectivity index (χ0v) is 22.9. The first kappa shape index (κ1) is 27.0. The second kappa shape index (κ2) is 11.7. The van der Waals surface area contributed by atoms with Gasteiger partial charge in [-0.05, 0) is 72.6 Å². The Bertz CT molecular complexity index is 1550. The maximum Gasteiger partial charge on any atom is 0.251 e. The van der Waals surface area contributed by atoms with Gasteiger partial charge in [-0.15, -0.1) is 0 Å². The number of aromatic nitrogens is 1. The molecule has 0 spiro atoms. The van der Waals surface area contributed by atoms with Gasteiger partial charge in [0.2, 0.25) is 11.8 Å². The molecule has 0 bridgehead atoms. The molecule has 2 atom stereocenters. The number of para-hydroxylation sites is 2. The van der Waals surface area contributed by atoms with Crippen molar-refractivity contribution in [3.63, 3.8) is 0 Å². The van der Waals surface area contributed by atoms with Crippen LogP contribution in [-0.2, 0) is 27.3 Å². The van der Waals surface area contributed by atoms with E-state index in [9.17, 15) is 14.4 Å². The molecular formula is C32H33N5O3. The van der Waals surface area contributed by atoms with E-state index in [2.05, 4.69) is 39.9 Å². The van der Waals surface area contributed by atoms with Crippen molar-refractivity contribution in [3.8, 4) is 0 Å². The van der Waals surface area contributed by atoms with Crippen LogP contribution >= 0.6 is 0 Å². The average Bonchev–Trinajstić information content (AvgIpc) is 3.09. The Labute approximate surface area is 234 Å². The topological polar surface area (TPSA) is 94.6 Å². The molecule has 1 aromatic heterocycles. The van der Waals surface area contributed by atoms with Crippen LogP contribution in [0, 0.1) is 6.92 Å². The Kier molecular flexibility index (Phi) is 7.89. The molecule has 204 valence electrons. The van der Waals surface area contributed by atoms with Crippen LogP contribution in [0.2, 0.25) is 0 Å². The number of nitrogens with one attached hydrogen (secondary N) is 2. The fraction of sp³-hybridized carbons (Fsp3) is 0.250. The second-order valence-electron chi connectivity index (χ2n) is 10.1. The van der Waals surface area contributed by atoms with Gasteiger partial charge < -0.3 is 20.4 Å². The van der Waals surface area contributed by atoms with Crippen LogP contribution in [0.25, 0.3) is 10.8 Å². The van der Waals surface area contributed by atoms with Crippen molar-refractivity contribution >= 4 is 39.9 Å². The van der Waals surface area contributed by atoms with Crippen LogP contribution in [0.1, 0.15) is 23.6 Å². The predicted molar refractivity (Wildman–Crippen MR) is 157 cm³/mol. The van der Waals surface area contributed by atoms with Gasteiger partial charge in [0.25, 0.3) is 5.91 Å². The summed E-state index contributed by atoms with van der Waals surface area (Å²) in [5.74, 6) is -0.749. The number of aryl methyl sites for hydroxylation is 1. The third-order valence-electron chi connectivity index (χ3n) is 7.53. The van der Waals surface area contributed by atoms with E-state index in [1.54, 1.807) is 48.3 Å². The molecule has 0 fully saturated rings. The van der Waals surface area contributed by atoms with Crippen molar-refractivity contribution in [1.29, 1.82) is 0 Å². The van der Waals surface area contributed by atoms with E-state index in [0.717, 1.165) is 27.5 Å². The number of anilines is 2. The van der Waals surface area contributed by atoms with E-state index in [-0.39, 0.29) is 30.7 Å². The standard InChI is InChI=1S/C32H33N5O3/c1-21-12-13-24-8-4-5-9-25(24)26(21)19-37-29-11-7-6-10-28(29)36(30(38)18-23-14-16-34-17-15-23)20-27(32(37)40)35-31(39)22(2)33-3/h4-17,22,27,33H,18-20H2,1-3H3,(H,35,39). The molecule has 0 saturated heterocycles. The summed E-state index contributed by atoms with van der Waals surface area (Å²) in [7, 11) is 1.69. The van der Waals surface area contributed by atoms with Crippen LogP contribution in [0.3, 0.4) is 0 Å². The van der Waals surface area contributed by atoms with E-state index in [0.29, 0.717) is 17.9 Å². The van der Waals surface area contributed by atoms with Gasteiger partial charge in [-0.3, -0.25) is 19.4 Å². The van der Waals surface area contributed by atoms with Gasteiger partial charge in [0, 0.05) is 12.4 Å². The number of amides is 3. The number of rotatable bonds is 7. The molecule has 2 unspecified atom stereocenters. The molecule has 4 aromatic rings. The number of pyridine rings is 1. The van der Waals surface area contributed by atoms with Crippen molar-refractivity contribution in [1.82, 2.24) is 15.6 Å². The Morgan fingerprint density at radius 2 is 1.68 bits per heavy atom. The van der Waals surface area contributed by atoms with Gasteiger partial charge in [0.05, 0.1) is 36.9 Å². The number of fused-ring (bicyclic) bond motifs is 2. The lowest BCUT2D eigenvalue weighted by Crippen LogP contribution is -2.55. The molecule has 8 nitrogen and oxygen atoms in total. The first-order chi connectivity index (χ1) is 19.4. The fourth-order valence-electron chi connectivity index (χ4n) is 5.10. The lowest BCUT2D eigenvalue weighted by Gasteiger charge is -2.27. The normalized spacial score (nSPS) is 15.9. The van der Waals surface area contributed by atoms with Crippen LogP contribution in [0.4, 0.5) is 11.4 Å². The Morgan fingerprint density at radius 1 is 0.975 bits per heavy atom. The molecule has 0 aliphatic carbocycles. The van der Waals surface area contributed by atoms with Gasteiger partial charge >= 0.3 is 0 Å². The monoisotopic (exact) mass is 535 g/mol. The summed E-state index contributed by atoms with van der Waals surface area (Å²) in [6.07, 6.45) is 3.44. The van der Waals surface area contributed by atoms with E-state index in [1.165, 1.54) is 0 Å². The van der Waals surface area contributed by atoms with E-state index < -0.39 is 12.1 Å². The number of likely N-dealkylation sites (N-methyl/N-ethyl adjacent to an activating group) is 1. The molecule has 1 aliphatic rings. The molecule has 1 aliphatic heterocycles. The van der Waals surface area contributed by atoms with Crippen molar-refractivity contribution in [2.75, 3.05) is 23.4 Å². The van der Waals surface area contributed by atoms with Gasteiger partial charge in [0.15, 0.2) is 0 Å². The highest BCUT2D eigenvalue weighted by Gasteiger charge is 2.37. The molecule has 3 amide bonds. The summed E-state index contributed by atoms with van der Waals surface area (Å²) in [6, 6.07) is 21.8. The highest BCUT2D eigenvalue weighted by Crippen LogP contribution is 2.36. The molecule has 5 rings (SSSR count). The number of carbonyl (C=O) groups is 3. The van der Waals surface area contributed by atoms with E-state index in [4.69, 9.17) is 0 Å². The van der Waals surface area contributed by atoms with Crippen LogP contribution in [-0.4, -0.2) is 48.4 Å². The SMILES string of the molecule is CNC(C)C(=O)NC1CN(C(=O)Cc2ccncc2)c2ccccc2N(Cc2c(C)ccc3ccccc23)C1=O. The van der Waals surface area contributed by atoms with Crippen LogP contribution in [0.5, 0.6) is 0 Å². The summed E-state index contributed by atoms with van der Waals surface area (Å²) >= 11 is 0. The molecular weight excluding hydrogens is 502 g/mol. The lowest BCUT2D eigenvalue weighted by molar-refractivity contribution is -0.128. The average molecular weight is 536 g/mol. The minimum absolute atomic E-state index is 0.0208. The van der Waals surface area contributed by atoms with Gasteiger partial charge in [-0.25, -0.2) is 0 Å². The smallest absolute Gasteiger partial charge is 0.251 e. The van der Waals surface area contributed by atoms with Gasteiger partial charge in [0.1, 0.15) is 6.04 Å². The molecule has 40 heavy (non-hydrogen) atoms. The highest BCUT2D eigenvalue weighted by atomic mass is 16.2. The summed E-state index contributed by atoms with van der Waals surface area (Å²) in [4.78, 5) is 48.4. The molecule has 3 aromatic carbocycles. The van der Waals surface area contributed by atoms with E-state index >= 15 is 0 Å². The fourth-order valence-corrected chi connectivity index (χ4v) is 5.10. The zero-order chi connectivity index (χ0) is 28.2. The summed E-state index contributed by atoms with van der Waals surface area (Å²) in [5.41, 5.74) is 4.16. The minimum atomic E-state index is -0.938. The number of hydrogen-bond donors (Lipinski definition) is 2. The van der Waals surface area contributed by atoms with Crippen molar-refractivity contribution < 1.29 is 14.4 Å². The van der Waals surface area contributed by atoms with Gasteiger partial charge in [-0.1, -0.05) is 48.5 Å². The maximum absolute atomic E-state index is 14.3. The molecule has 0 radical (unpaired) electrons. The molecule has 0 saturated carbocycles. The van der Waals surface area contributed by atoms with Crippen molar-refractivity contribution in [2.24, 2.45) is 0 Å². The predicted octanol–water partition coefficient (Wildman–Crippen LogP) is 3.76. The number of carbonyl (C=O) groups excluding carboxylic acids is 3. The Balaban J connectivity index is 1.60. The first-order valence-corrected chi connectivity index (χ1v) is 13.4. The summed E-state index contributed by atoms with van der Waals surface area (Å²) in [5, 5.41) is 7.98. The molecule has 2 heterocycles. The lowest BCUT2D eigenvalue weighted by atomic mass is 9.99. The van der Waals surface area contributed by atoms with Crippen LogP contribution < -0.4 is 20.4 Å². The minimum Gasteiger partial charge on any atom is -0.341 e.